The summed E-state index contributed by atoms with van der Waals surface area (Å²) in [5.41, 5.74) is 1.31. The van der Waals surface area contributed by atoms with Crippen molar-refractivity contribution in [3.05, 3.63) is 11.1 Å². The molecule has 1 aliphatic carbocycles. The van der Waals surface area contributed by atoms with E-state index in [1.165, 1.54) is 0 Å². The number of carbonyl (C=O) groups is 1. The van der Waals surface area contributed by atoms with E-state index in [0.717, 1.165) is 12.0 Å². The van der Waals surface area contributed by atoms with Gasteiger partial charge < -0.3 is 14.2 Å². The smallest absolute Gasteiger partial charge is 0.333 e. The summed E-state index contributed by atoms with van der Waals surface area (Å²) in [5.74, 6) is -0.226. The molecule has 4 heteroatoms. The maximum Gasteiger partial charge on any atom is 0.333 e. The van der Waals surface area contributed by atoms with E-state index in [1.807, 2.05) is 27.7 Å². The minimum atomic E-state index is -0.315. The van der Waals surface area contributed by atoms with E-state index in [9.17, 15) is 4.79 Å². The van der Waals surface area contributed by atoms with Crippen LogP contribution in [-0.2, 0) is 19.0 Å². The van der Waals surface area contributed by atoms with Crippen LogP contribution < -0.4 is 0 Å². The van der Waals surface area contributed by atoms with Gasteiger partial charge in [-0.05, 0) is 46.6 Å². The topological polar surface area (TPSA) is 44.8 Å². The lowest BCUT2D eigenvalue weighted by Gasteiger charge is -2.57. The lowest BCUT2D eigenvalue weighted by Crippen LogP contribution is -2.57. The molecule has 0 radical (unpaired) electrons. The standard InChI is InChI=1S/C16H28O4/c1-8-18-12(4)20-16(7)10-13(15(16,5)6)11(3)14(17)19-9-2/h12H,8-10H2,1-7H3. The third-order valence-electron chi connectivity index (χ3n) is 4.45. The molecule has 0 N–H and O–H groups in total. The molecule has 0 heterocycles. The summed E-state index contributed by atoms with van der Waals surface area (Å²) in [4.78, 5) is 11.9. The zero-order valence-corrected chi connectivity index (χ0v) is 13.8. The Bertz CT molecular complexity index is 397. The molecule has 2 unspecified atom stereocenters. The molecule has 0 bridgehead atoms. The Morgan fingerprint density at radius 2 is 1.85 bits per heavy atom. The van der Waals surface area contributed by atoms with Crippen LogP contribution in [-0.4, -0.2) is 31.1 Å². The summed E-state index contributed by atoms with van der Waals surface area (Å²) in [6, 6.07) is 0. The third kappa shape index (κ3) is 3.07. The van der Waals surface area contributed by atoms with Crippen LogP contribution in [0.2, 0.25) is 0 Å². The Kier molecular flexibility index (Phi) is 5.39. The fourth-order valence-corrected chi connectivity index (χ4v) is 2.78. The second-order valence-electron chi connectivity index (χ2n) is 6.00. The van der Waals surface area contributed by atoms with E-state index in [4.69, 9.17) is 14.2 Å². The Hall–Kier alpha value is -0.870. The van der Waals surface area contributed by atoms with Gasteiger partial charge >= 0.3 is 5.97 Å². The van der Waals surface area contributed by atoms with Crippen molar-refractivity contribution < 1.29 is 19.0 Å². The number of hydrogen-bond acceptors (Lipinski definition) is 4. The first-order valence-electron chi connectivity index (χ1n) is 7.36. The van der Waals surface area contributed by atoms with Crippen molar-refractivity contribution in [2.75, 3.05) is 13.2 Å². The monoisotopic (exact) mass is 284 g/mol. The number of carbonyl (C=O) groups excluding carboxylic acids is 1. The molecule has 0 aromatic carbocycles. The molecular weight excluding hydrogens is 256 g/mol. The van der Waals surface area contributed by atoms with Gasteiger partial charge in [0.1, 0.15) is 0 Å². The zero-order chi connectivity index (χ0) is 15.6. The van der Waals surface area contributed by atoms with Gasteiger partial charge in [-0.2, -0.15) is 0 Å². The number of rotatable bonds is 6. The largest absolute Gasteiger partial charge is 0.463 e. The van der Waals surface area contributed by atoms with Crippen molar-refractivity contribution in [2.24, 2.45) is 5.41 Å². The van der Waals surface area contributed by atoms with Gasteiger partial charge in [-0.25, -0.2) is 4.79 Å². The van der Waals surface area contributed by atoms with Crippen LogP contribution in [0.4, 0.5) is 0 Å². The van der Waals surface area contributed by atoms with Gasteiger partial charge in [0.15, 0.2) is 6.29 Å². The molecule has 1 fully saturated rings. The summed E-state index contributed by atoms with van der Waals surface area (Å²) >= 11 is 0. The molecule has 116 valence electrons. The van der Waals surface area contributed by atoms with E-state index in [0.29, 0.717) is 18.8 Å². The van der Waals surface area contributed by atoms with Crippen LogP contribution in [0, 0.1) is 5.41 Å². The van der Waals surface area contributed by atoms with Crippen LogP contribution >= 0.6 is 0 Å². The van der Waals surface area contributed by atoms with E-state index < -0.39 is 0 Å². The van der Waals surface area contributed by atoms with Crippen LogP contribution in [0.15, 0.2) is 11.1 Å². The highest BCUT2D eigenvalue weighted by atomic mass is 16.7. The van der Waals surface area contributed by atoms with Crippen LogP contribution in [0.3, 0.4) is 0 Å². The molecule has 2 atom stereocenters. The van der Waals surface area contributed by atoms with Gasteiger partial charge in [-0.3, -0.25) is 0 Å². The Labute approximate surface area is 122 Å². The lowest BCUT2D eigenvalue weighted by atomic mass is 9.54. The van der Waals surface area contributed by atoms with E-state index in [1.54, 1.807) is 0 Å². The molecule has 0 aliphatic heterocycles. The lowest BCUT2D eigenvalue weighted by molar-refractivity contribution is -0.243. The average Bonchev–Trinajstić information content (AvgIpc) is 2.35. The molecule has 4 nitrogen and oxygen atoms in total. The van der Waals surface area contributed by atoms with Gasteiger partial charge in [0.25, 0.3) is 0 Å². The molecule has 0 amide bonds. The Morgan fingerprint density at radius 1 is 1.25 bits per heavy atom. The highest BCUT2D eigenvalue weighted by Gasteiger charge is 2.56. The molecule has 1 saturated carbocycles. The maximum absolute atomic E-state index is 11.9. The summed E-state index contributed by atoms with van der Waals surface area (Å²) in [7, 11) is 0. The van der Waals surface area contributed by atoms with Gasteiger partial charge in [-0.15, -0.1) is 0 Å². The molecule has 1 rings (SSSR count). The van der Waals surface area contributed by atoms with Crippen molar-refractivity contribution >= 4 is 5.97 Å². The number of esters is 1. The molecule has 20 heavy (non-hydrogen) atoms. The van der Waals surface area contributed by atoms with Crippen LogP contribution in [0.5, 0.6) is 0 Å². The predicted octanol–water partition coefficient (Wildman–Crippen LogP) is 3.45. The first-order valence-corrected chi connectivity index (χ1v) is 7.36. The first kappa shape index (κ1) is 17.2. The van der Waals surface area contributed by atoms with Crippen molar-refractivity contribution in [3.8, 4) is 0 Å². The SMILES string of the molecule is CCOC(=O)C(C)=C1CC(C)(OC(C)OCC)C1(C)C. The summed E-state index contributed by atoms with van der Waals surface area (Å²) in [6.07, 6.45) is 0.496. The molecular formula is C16H28O4. The minimum Gasteiger partial charge on any atom is -0.463 e. The Morgan fingerprint density at radius 3 is 2.30 bits per heavy atom. The van der Waals surface area contributed by atoms with E-state index in [-0.39, 0.29) is 23.3 Å². The Balaban J connectivity index is 2.85. The summed E-state index contributed by atoms with van der Waals surface area (Å²) in [6.45, 7) is 14.8. The zero-order valence-electron chi connectivity index (χ0n) is 13.8. The van der Waals surface area contributed by atoms with Crippen molar-refractivity contribution in [1.29, 1.82) is 0 Å². The van der Waals surface area contributed by atoms with Gasteiger partial charge in [0.2, 0.25) is 0 Å². The molecule has 0 spiro atoms. The van der Waals surface area contributed by atoms with Gasteiger partial charge in [0.05, 0.1) is 12.2 Å². The molecule has 0 aromatic heterocycles. The highest BCUT2D eigenvalue weighted by molar-refractivity contribution is 5.89. The van der Waals surface area contributed by atoms with Gasteiger partial charge in [-0.1, -0.05) is 13.8 Å². The predicted molar refractivity (Wildman–Crippen MR) is 78.3 cm³/mol. The fraction of sp³-hybridized carbons (Fsp3) is 0.812. The first-order chi connectivity index (χ1) is 9.19. The molecule has 0 saturated heterocycles. The molecule has 1 aliphatic rings. The van der Waals surface area contributed by atoms with Crippen LogP contribution in [0.1, 0.15) is 54.9 Å². The van der Waals surface area contributed by atoms with E-state index in [2.05, 4.69) is 20.8 Å². The van der Waals surface area contributed by atoms with Crippen molar-refractivity contribution in [2.45, 2.75) is 66.8 Å². The van der Waals surface area contributed by atoms with Crippen molar-refractivity contribution in [1.82, 2.24) is 0 Å². The van der Waals surface area contributed by atoms with Gasteiger partial charge in [0, 0.05) is 17.6 Å². The van der Waals surface area contributed by atoms with Crippen LogP contribution in [0.25, 0.3) is 0 Å². The van der Waals surface area contributed by atoms with Crippen molar-refractivity contribution in [3.63, 3.8) is 0 Å². The maximum atomic E-state index is 11.9. The number of ether oxygens (including phenoxy) is 3. The highest BCUT2D eigenvalue weighted by Crippen LogP contribution is 2.57. The fourth-order valence-electron chi connectivity index (χ4n) is 2.78. The summed E-state index contributed by atoms with van der Waals surface area (Å²) in [5, 5.41) is 0. The summed E-state index contributed by atoms with van der Waals surface area (Å²) < 4.78 is 16.6. The quantitative estimate of drug-likeness (QED) is 0.426. The average molecular weight is 284 g/mol. The van der Waals surface area contributed by atoms with E-state index >= 15 is 0 Å². The molecule has 0 aromatic rings. The third-order valence-corrected chi connectivity index (χ3v) is 4.45. The minimum absolute atomic E-state index is 0.199. The number of hydrogen-bond donors (Lipinski definition) is 0. The second kappa shape index (κ2) is 6.27. The second-order valence-corrected chi connectivity index (χ2v) is 6.00. The normalized spacial score (nSPS) is 28.6.